The van der Waals surface area contributed by atoms with E-state index in [0.717, 1.165) is 68.8 Å². The van der Waals surface area contributed by atoms with Crippen LogP contribution in [0.5, 0.6) is 5.75 Å². The third-order valence-electron chi connectivity index (χ3n) is 8.94. The van der Waals surface area contributed by atoms with Gasteiger partial charge in [0, 0.05) is 6.61 Å². The van der Waals surface area contributed by atoms with Crippen LogP contribution in [-0.4, -0.2) is 19.3 Å². The van der Waals surface area contributed by atoms with Gasteiger partial charge in [0.1, 0.15) is 0 Å². The molecular weight excluding hydrogens is 430 g/mol. The number of benzene rings is 1. The number of rotatable bonds is 9. The molecular formula is C30H44F2O2. The summed E-state index contributed by atoms with van der Waals surface area (Å²) in [5.41, 5.74) is 0.546. The Kier molecular flexibility index (Phi) is 9.45. The quantitative estimate of drug-likeness (QED) is 0.334. The van der Waals surface area contributed by atoms with Gasteiger partial charge in [-0.1, -0.05) is 19.1 Å². The van der Waals surface area contributed by atoms with E-state index < -0.39 is 11.6 Å². The minimum absolute atomic E-state index is 0.0442. The SMILES string of the molecule is C=CCCC1CCC(C2CCC(C3CCC(c4ccc(OCCC)c(F)c4F)CC3)CC2)OC1. The van der Waals surface area contributed by atoms with Crippen LogP contribution < -0.4 is 4.74 Å². The summed E-state index contributed by atoms with van der Waals surface area (Å²) in [6.45, 7) is 7.14. The molecule has 3 fully saturated rings. The fourth-order valence-corrected chi connectivity index (χ4v) is 6.85. The first-order valence-corrected chi connectivity index (χ1v) is 13.9. The van der Waals surface area contributed by atoms with Gasteiger partial charge in [-0.3, -0.25) is 0 Å². The van der Waals surface area contributed by atoms with Gasteiger partial charge in [-0.25, -0.2) is 4.39 Å². The van der Waals surface area contributed by atoms with Crippen LogP contribution in [0.1, 0.15) is 102 Å². The van der Waals surface area contributed by atoms with E-state index >= 15 is 0 Å². The van der Waals surface area contributed by atoms with Crippen LogP contribution >= 0.6 is 0 Å². The Morgan fingerprint density at radius 1 is 0.912 bits per heavy atom. The summed E-state index contributed by atoms with van der Waals surface area (Å²) in [6, 6.07) is 3.37. The second kappa shape index (κ2) is 12.5. The van der Waals surface area contributed by atoms with E-state index in [4.69, 9.17) is 9.47 Å². The van der Waals surface area contributed by atoms with Crippen molar-refractivity contribution in [1.29, 1.82) is 0 Å². The molecule has 2 unspecified atom stereocenters. The molecule has 0 bridgehead atoms. The van der Waals surface area contributed by atoms with Crippen LogP contribution in [0.2, 0.25) is 0 Å². The lowest BCUT2D eigenvalue weighted by Crippen LogP contribution is -2.35. The Bertz CT molecular complexity index is 770. The highest BCUT2D eigenvalue weighted by atomic mass is 19.2. The van der Waals surface area contributed by atoms with Crippen molar-refractivity contribution in [2.45, 2.75) is 102 Å². The van der Waals surface area contributed by atoms with E-state index in [1.807, 2.05) is 13.0 Å². The van der Waals surface area contributed by atoms with Crippen LogP contribution in [0.4, 0.5) is 8.78 Å². The second-order valence-corrected chi connectivity index (χ2v) is 11.1. The van der Waals surface area contributed by atoms with Gasteiger partial charge >= 0.3 is 0 Å². The third-order valence-corrected chi connectivity index (χ3v) is 8.94. The van der Waals surface area contributed by atoms with Crippen molar-refractivity contribution in [2.75, 3.05) is 13.2 Å². The molecule has 1 heterocycles. The Hall–Kier alpha value is -1.42. The van der Waals surface area contributed by atoms with E-state index in [0.29, 0.717) is 18.3 Å². The predicted octanol–water partition coefficient (Wildman–Crippen LogP) is 8.60. The number of hydrogen-bond donors (Lipinski definition) is 0. The zero-order valence-electron chi connectivity index (χ0n) is 21.1. The molecule has 190 valence electrons. The first-order chi connectivity index (χ1) is 16.6. The van der Waals surface area contributed by atoms with E-state index in [9.17, 15) is 8.78 Å². The average molecular weight is 475 g/mol. The monoisotopic (exact) mass is 474 g/mol. The summed E-state index contributed by atoms with van der Waals surface area (Å²) in [4.78, 5) is 0. The maximum absolute atomic E-state index is 14.8. The van der Waals surface area contributed by atoms with Gasteiger partial charge in [-0.2, -0.15) is 4.39 Å². The predicted molar refractivity (Wildman–Crippen MR) is 134 cm³/mol. The van der Waals surface area contributed by atoms with E-state index in [1.54, 1.807) is 12.1 Å². The van der Waals surface area contributed by atoms with Crippen LogP contribution in [0, 0.1) is 35.3 Å². The Morgan fingerprint density at radius 2 is 1.59 bits per heavy atom. The Morgan fingerprint density at radius 3 is 2.21 bits per heavy atom. The summed E-state index contributed by atoms with van der Waals surface area (Å²) in [7, 11) is 0. The normalized spacial score (nSPS) is 32.3. The van der Waals surface area contributed by atoms with Crippen LogP contribution in [0.3, 0.4) is 0 Å². The van der Waals surface area contributed by atoms with Gasteiger partial charge in [-0.15, -0.1) is 6.58 Å². The largest absolute Gasteiger partial charge is 0.490 e. The van der Waals surface area contributed by atoms with Crippen molar-refractivity contribution in [3.8, 4) is 5.75 Å². The maximum Gasteiger partial charge on any atom is 0.200 e. The third kappa shape index (κ3) is 6.22. The van der Waals surface area contributed by atoms with E-state index in [2.05, 4.69) is 6.58 Å². The number of allylic oxidation sites excluding steroid dienone is 1. The van der Waals surface area contributed by atoms with Crippen molar-refractivity contribution in [3.63, 3.8) is 0 Å². The van der Waals surface area contributed by atoms with Gasteiger partial charge < -0.3 is 9.47 Å². The molecule has 0 spiro atoms. The van der Waals surface area contributed by atoms with Gasteiger partial charge in [0.15, 0.2) is 11.6 Å². The molecule has 2 aliphatic carbocycles. The summed E-state index contributed by atoms with van der Waals surface area (Å²) in [5.74, 6) is 1.66. The van der Waals surface area contributed by atoms with Gasteiger partial charge in [0.2, 0.25) is 5.82 Å². The minimum Gasteiger partial charge on any atom is -0.490 e. The smallest absolute Gasteiger partial charge is 0.200 e. The number of hydrogen-bond acceptors (Lipinski definition) is 2. The molecule has 4 rings (SSSR count). The van der Waals surface area contributed by atoms with Gasteiger partial charge in [-0.05, 0) is 125 Å². The molecule has 2 atom stereocenters. The highest BCUT2D eigenvalue weighted by Crippen LogP contribution is 2.46. The number of ether oxygens (including phenoxy) is 2. The molecule has 34 heavy (non-hydrogen) atoms. The lowest BCUT2D eigenvalue weighted by Gasteiger charge is -2.41. The highest BCUT2D eigenvalue weighted by molar-refractivity contribution is 5.33. The molecule has 1 aromatic carbocycles. The van der Waals surface area contributed by atoms with E-state index in [1.165, 1.54) is 44.9 Å². The van der Waals surface area contributed by atoms with E-state index in [-0.39, 0.29) is 11.7 Å². The van der Waals surface area contributed by atoms with Crippen molar-refractivity contribution < 1.29 is 18.3 Å². The number of halogens is 2. The van der Waals surface area contributed by atoms with Crippen molar-refractivity contribution >= 4 is 0 Å². The molecule has 0 aromatic heterocycles. The molecule has 1 aliphatic heterocycles. The Balaban J connectivity index is 1.21. The molecule has 2 saturated carbocycles. The molecule has 0 radical (unpaired) electrons. The summed E-state index contributed by atoms with van der Waals surface area (Å²) >= 11 is 0. The zero-order chi connectivity index (χ0) is 23.9. The van der Waals surface area contributed by atoms with Crippen LogP contribution in [0.15, 0.2) is 24.8 Å². The molecule has 2 nitrogen and oxygen atoms in total. The fraction of sp³-hybridized carbons (Fsp3) is 0.733. The molecule has 0 N–H and O–H groups in total. The molecule has 3 aliphatic rings. The summed E-state index contributed by atoms with van der Waals surface area (Å²) < 4.78 is 40.9. The summed E-state index contributed by atoms with van der Waals surface area (Å²) in [6.07, 6.45) is 17.6. The average Bonchev–Trinajstić information content (AvgIpc) is 2.89. The molecule has 4 heteroatoms. The first kappa shape index (κ1) is 25.7. The second-order valence-electron chi connectivity index (χ2n) is 11.1. The minimum atomic E-state index is -0.816. The molecule has 0 amide bonds. The standard InChI is InChI=1S/C30H44F2O2/c1-3-5-6-21-7-17-27(34-20-21)25-14-10-23(11-15-25)22-8-12-24(13-9-22)26-16-18-28(33-19-4-2)30(32)29(26)31/h3,16,18,21-25,27H,1,4-15,17,19-20H2,2H3. The van der Waals surface area contributed by atoms with Crippen molar-refractivity contribution in [1.82, 2.24) is 0 Å². The van der Waals surface area contributed by atoms with Gasteiger partial charge in [0.05, 0.1) is 12.7 Å². The zero-order valence-corrected chi connectivity index (χ0v) is 21.1. The lowest BCUT2D eigenvalue weighted by atomic mass is 9.67. The fourth-order valence-electron chi connectivity index (χ4n) is 6.85. The topological polar surface area (TPSA) is 18.5 Å². The van der Waals surface area contributed by atoms with Crippen LogP contribution in [0.25, 0.3) is 0 Å². The first-order valence-electron chi connectivity index (χ1n) is 13.9. The van der Waals surface area contributed by atoms with Gasteiger partial charge in [0.25, 0.3) is 0 Å². The van der Waals surface area contributed by atoms with Crippen LogP contribution in [-0.2, 0) is 4.74 Å². The van der Waals surface area contributed by atoms with Crippen molar-refractivity contribution in [3.05, 3.63) is 42.0 Å². The highest BCUT2D eigenvalue weighted by Gasteiger charge is 2.36. The molecule has 1 saturated heterocycles. The summed E-state index contributed by atoms with van der Waals surface area (Å²) in [5, 5.41) is 0. The maximum atomic E-state index is 14.8. The lowest BCUT2D eigenvalue weighted by molar-refractivity contribution is -0.0614. The molecule has 1 aromatic rings. The van der Waals surface area contributed by atoms with Crippen molar-refractivity contribution in [2.24, 2.45) is 23.7 Å². The Labute approximate surface area is 205 Å².